The molecule has 5 heteroatoms. The Labute approximate surface area is 799 Å². The normalized spacial score (nSPS) is 14.2. The van der Waals surface area contributed by atoms with Crippen LogP contribution in [0, 0.1) is 0 Å². The lowest BCUT2D eigenvalue weighted by atomic mass is 9.81. The quantitative estimate of drug-likeness (QED) is 0.158. The number of benzene rings is 21. The number of hydrogen-bond acceptors (Lipinski definition) is 1. The molecule has 21 aromatic carbocycles. The summed E-state index contributed by atoms with van der Waals surface area (Å²) >= 11 is 1.87. The van der Waals surface area contributed by atoms with Crippen LogP contribution in [0.4, 0.5) is 0 Å². The molecule has 0 atom stereocenters. The Morgan fingerprint density at radius 1 is 0.175 bits per heavy atom. The molecule has 0 aliphatic heterocycles. The van der Waals surface area contributed by atoms with Crippen molar-refractivity contribution in [2.45, 2.75) is 77.0 Å². The summed E-state index contributed by atoms with van der Waals surface area (Å²) in [7, 11) is 0. The molecule has 5 heterocycles. The highest BCUT2D eigenvalue weighted by atomic mass is 32.1. The van der Waals surface area contributed by atoms with Gasteiger partial charge < -0.3 is 18.3 Å². The van der Waals surface area contributed by atoms with Crippen molar-refractivity contribution in [2.75, 3.05) is 0 Å². The molecule has 0 spiro atoms. The summed E-state index contributed by atoms with van der Waals surface area (Å²) in [5.74, 6) is 0. The summed E-state index contributed by atoms with van der Waals surface area (Å²) < 4.78 is 12.7. The zero-order chi connectivity index (χ0) is 91.4. The smallest absolute Gasteiger partial charge is 0.0588 e. The van der Waals surface area contributed by atoms with E-state index < -0.39 is 0 Å². The predicted octanol–water partition coefficient (Wildman–Crippen LogP) is 35.8. The van der Waals surface area contributed by atoms with E-state index in [0.717, 1.165) is 0 Å². The van der Waals surface area contributed by atoms with E-state index in [0.29, 0.717) is 0 Å². The highest BCUT2D eigenvalue weighted by Crippen LogP contribution is 2.59. The van der Waals surface area contributed by atoms with Gasteiger partial charge in [0.05, 0.1) is 44.1 Å². The van der Waals surface area contributed by atoms with E-state index in [2.05, 4.69) is 498 Å². The van der Waals surface area contributed by atoms with Crippen LogP contribution in [0.1, 0.15) is 99.9 Å². The van der Waals surface area contributed by atoms with Crippen molar-refractivity contribution in [1.82, 2.24) is 18.3 Å². The molecule has 0 saturated carbocycles. The Morgan fingerprint density at radius 2 is 0.474 bits per heavy atom. The first-order valence-electron chi connectivity index (χ1n) is 48.3. The predicted molar refractivity (Wildman–Crippen MR) is 583 cm³/mol. The molecule has 4 aliphatic carbocycles. The topological polar surface area (TPSA) is 19.7 Å². The summed E-state index contributed by atoms with van der Waals surface area (Å²) in [5, 5.41) is 20.9. The fraction of sp³-hybridized carbons (Fsp3) is 0.0909. The number of hydrogen-bond donors (Lipinski definition) is 0. The molecule has 4 nitrogen and oxygen atoms in total. The lowest BCUT2D eigenvalue weighted by Gasteiger charge is -2.23. The Balaban J connectivity index is 0.000000102. The van der Waals surface area contributed by atoms with Gasteiger partial charge in [0.25, 0.3) is 0 Å². The largest absolute Gasteiger partial charge is 0.309 e. The van der Waals surface area contributed by atoms with E-state index in [-0.39, 0.29) is 21.7 Å². The van der Waals surface area contributed by atoms with Crippen LogP contribution < -0.4 is 0 Å². The summed E-state index contributed by atoms with van der Waals surface area (Å²) in [5.41, 5.74) is 41.6. The maximum absolute atomic E-state index is 2.54. The standard InChI is InChI=1S/C46H35N.C43H30N2.C43H29NS/c1-45(2)38-15-9-8-14-34(38)37-27-30(19-25-40(37)45)28-17-21-31(22-18-28)47-41-26-20-29-11-5-6-12-32(29)42(41)36-24-23-35-33-13-7-10-16-39(33)46(3,4)43(35)44(36)47;1-43(2)36-16-8-5-13-31(36)34-24-25-35-40-30-12-4-3-11-27(30)19-26-39(40)45(42(35)41(34)43)29-22-20-28(21-23-29)44-37-17-9-6-14-32(37)33-15-7-10-18-38(33)44;1-43(2)36-13-7-5-11-31(36)33-21-22-34-40-30-10-4-3-9-27(30)17-23-37(40)44(42(34)41(33)43)29-19-15-26(16-20-29)28-18-24-39-35(25-28)32-12-6-8-14-38(32)45-39/h5-27H,1-4H3;3-26H,1-2H3;3-25H,1-2H3. The number of fused-ring (bicyclic) bond motifs is 36. The van der Waals surface area contributed by atoms with Gasteiger partial charge in [-0.2, -0.15) is 0 Å². The molecule has 0 N–H and O–H groups in total. The Hall–Kier alpha value is -16.2. The highest BCUT2D eigenvalue weighted by Gasteiger charge is 2.43. The molecule has 4 aliphatic rings. The van der Waals surface area contributed by atoms with Crippen LogP contribution in [0.3, 0.4) is 0 Å². The lowest BCUT2D eigenvalue weighted by Crippen LogP contribution is -2.16. The Bertz CT molecular complexity index is 9650. The second kappa shape index (κ2) is 29.2. The molecule has 0 bridgehead atoms. The summed E-state index contributed by atoms with van der Waals surface area (Å²) in [6, 6.07) is 158. The van der Waals surface area contributed by atoms with Crippen LogP contribution in [-0.4, -0.2) is 18.3 Å². The van der Waals surface area contributed by atoms with E-state index in [1.165, 1.54) is 274 Å². The zero-order valence-corrected chi connectivity index (χ0v) is 78.4. The first-order chi connectivity index (χ1) is 67.0. The molecule has 0 fully saturated rings. The van der Waals surface area contributed by atoms with Gasteiger partial charge in [-0.1, -0.05) is 377 Å². The molecular formula is C132H94N4S. The maximum Gasteiger partial charge on any atom is 0.0588 e. The van der Waals surface area contributed by atoms with Crippen LogP contribution in [0.15, 0.2) is 425 Å². The van der Waals surface area contributed by atoms with Gasteiger partial charge in [0, 0.05) is 108 Å². The minimum Gasteiger partial charge on any atom is -0.309 e. The zero-order valence-electron chi connectivity index (χ0n) is 77.6. The average Bonchev–Trinajstić information content (AvgIpc) is 1.54. The third kappa shape index (κ3) is 11.3. The average molecular weight is 1770 g/mol. The van der Waals surface area contributed by atoms with Crippen molar-refractivity contribution in [3.63, 3.8) is 0 Å². The minimum atomic E-state index is -0.129. The molecule has 137 heavy (non-hydrogen) atoms. The van der Waals surface area contributed by atoms with Crippen LogP contribution in [0.2, 0.25) is 0 Å². The van der Waals surface area contributed by atoms with Crippen LogP contribution in [-0.2, 0) is 21.7 Å². The molecule has 26 aromatic rings. The number of aromatic nitrogens is 4. The lowest BCUT2D eigenvalue weighted by molar-refractivity contribution is 0.660. The van der Waals surface area contributed by atoms with Crippen LogP contribution in [0.5, 0.6) is 0 Å². The van der Waals surface area contributed by atoms with Crippen molar-refractivity contribution < 1.29 is 0 Å². The van der Waals surface area contributed by atoms with Gasteiger partial charge in [-0.25, -0.2) is 0 Å². The minimum absolute atomic E-state index is 0.0166. The van der Waals surface area contributed by atoms with Gasteiger partial charge in [0.1, 0.15) is 0 Å². The molecule has 30 rings (SSSR count). The fourth-order valence-electron chi connectivity index (χ4n) is 25.6. The third-order valence-corrected chi connectivity index (χ3v) is 33.0. The third-order valence-electron chi connectivity index (χ3n) is 31.8. The molecule has 0 radical (unpaired) electrons. The van der Waals surface area contributed by atoms with Gasteiger partial charge in [-0.15, -0.1) is 11.3 Å². The van der Waals surface area contributed by atoms with Gasteiger partial charge in [0.15, 0.2) is 0 Å². The maximum atomic E-state index is 2.54. The van der Waals surface area contributed by atoms with Crippen molar-refractivity contribution in [3.8, 4) is 89.5 Å². The van der Waals surface area contributed by atoms with Gasteiger partial charge in [-0.05, 0) is 247 Å². The highest BCUT2D eigenvalue weighted by molar-refractivity contribution is 7.25. The first-order valence-corrected chi connectivity index (χ1v) is 49.1. The van der Waals surface area contributed by atoms with E-state index in [4.69, 9.17) is 0 Å². The second-order valence-electron chi connectivity index (χ2n) is 40.4. The number of thiophene rings is 1. The van der Waals surface area contributed by atoms with Crippen molar-refractivity contribution in [2.24, 2.45) is 0 Å². The van der Waals surface area contributed by atoms with Crippen LogP contribution in [0.25, 0.3) is 229 Å². The monoisotopic (exact) mass is 1770 g/mol. The van der Waals surface area contributed by atoms with E-state index >= 15 is 0 Å². The molecule has 0 amide bonds. The summed E-state index contributed by atoms with van der Waals surface area (Å²) in [4.78, 5) is 0. The number of para-hydroxylation sites is 2. The van der Waals surface area contributed by atoms with E-state index in [9.17, 15) is 0 Å². The van der Waals surface area contributed by atoms with Crippen molar-refractivity contribution in [3.05, 3.63) is 469 Å². The van der Waals surface area contributed by atoms with E-state index in [1.54, 1.807) is 0 Å². The first kappa shape index (κ1) is 79.4. The molecule has 5 aromatic heterocycles. The fourth-order valence-corrected chi connectivity index (χ4v) is 26.6. The van der Waals surface area contributed by atoms with Gasteiger partial charge in [-0.3, -0.25) is 0 Å². The summed E-state index contributed by atoms with van der Waals surface area (Å²) in [6.07, 6.45) is 0. The van der Waals surface area contributed by atoms with Crippen LogP contribution >= 0.6 is 11.3 Å². The molecule has 648 valence electrons. The van der Waals surface area contributed by atoms with Crippen molar-refractivity contribution >= 4 is 151 Å². The number of rotatable bonds is 6. The second-order valence-corrected chi connectivity index (χ2v) is 41.5. The van der Waals surface area contributed by atoms with Gasteiger partial charge in [0.2, 0.25) is 0 Å². The Morgan fingerprint density at radius 3 is 0.891 bits per heavy atom. The Kier molecular flexibility index (Phi) is 16.9. The van der Waals surface area contributed by atoms with Crippen molar-refractivity contribution in [1.29, 1.82) is 0 Å². The van der Waals surface area contributed by atoms with E-state index in [1.807, 2.05) is 11.3 Å². The van der Waals surface area contributed by atoms with Gasteiger partial charge >= 0.3 is 0 Å². The summed E-state index contributed by atoms with van der Waals surface area (Å²) in [6.45, 7) is 19.1. The molecule has 0 saturated heterocycles. The number of nitrogens with zero attached hydrogens (tertiary/aromatic N) is 4. The molecular weight excluding hydrogens is 1670 g/mol. The SMILES string of the molecule is CC1(C)c2ccccc2-c2cc(-c3ccc(-n4c5ccc6ccccc6c5c5ccc6c(c54)C(C)(C)c4ccccc4-6)cc3)ccc21.CC1(C)c2ccccc2-c2ccc3c4c5ccccc5ccc4n(-c4ccc(-c5ccc6sc7ccccc7c6c5)cc4)c3c21.CC1(C)c2ccccc2-c2ccc3c4c5ccccc5ccc4n(-c4ccc(-n5c6ccccc6c6ccccc65)cc4)c3c21. The molecule has 0 unspecified atom stereocenters.